The number of nitrogens with zero attached hydrogens (tertiary/aromatic N) is 4. The van der Waals surface area contributed by atoms with Crippen molar-refractivity contribution in [1.82, 2.24) is 19.7 Å². The summed E-state index contributed by atoms with van der Waals surface area (Å²) >= 11 is 0. The van der Waals surface area contributed by atoms with Gasteiger partial charge in [-0.3, -0.25) is 9.58 Å². The van der Waals surface area contributed by atoms with Crippen LogP contribution in [0.3, 0.4) is 0 Å². The van der Waals surface area contributed by atoms with Crippen LogP contribution < -0.4 is 5.73 Å². The molecule has 7 fully saturated rings. The Labute approximate surface area is 176 Å². The molecule has 6 nitrogen and oxygen atoms in total. The Morgan fingerprint density at radius 1 is 1.07 bits per heavy atom. The normalized spacial score (nSPS) is 37.4. The molecule has 156 valence electrons. The highest BCUT2D eigenvalue weighted by Gasteiger charge is 2.94. The van der Waals surface area contributed by atoms with Crippen LogP contribution in [0.1, 0.15) is 61.7 Å². The number of nitrogens with two attached hydrogens (primary N) is 1. The van der Waals surface area contributed by atoms with Crippen LogP contribution in [0.4, 0.5) is 5.82 Å². The molecule has 6 heteroatoms. The number of hydrogen-bond donors (Lipinski definition) is 1. The molecule has 2 bridgehead atoms. The molecule has 30 heavy (non-hydrogen) atoms. The molecule has 3 saturated heterocycles. The summed E-state index contributed by atoms with van der Waals surface area (Å²) in [4.78, 5) is 7.31. The number of rotatable bonds is 5. The molecule has 4 aliphatic carbocycles. The van der Waals surface area contributed by atoms with Crippen LogP contribution >= 0.6 is 0 Å². The Morgan fingerprint density at radius 3 is 2.60 bits per heavy atom. The van der Waals surface area contributed by atoms with Crippen molar-refractivity contribution in [2.24, 2.45) is 11.8 Å². The first-order valence-electron chi connectivity index (χ1n) is 12.0. The van der Waals surface area contributed by atoms with E-state index in [2.05, 4.69) is 26.7 Å². The third kappa shape index (κ3) is 1.98. The fraction of sp³-hybridized carbons (Fsp3) is 0.667. The molecule has 0 amide bonds. The highest BCUT2D eigenvalue weighted by Crippen LogP contribution is 2.86. The number of pyridine rings is 1. The van der Waals surface area contributed by atoms with E-state index in [1.54, 1.807) is 0 Å². The molecule has 5 heterocycles. The number of nitrogen functional groups attached to an aromatic ring is 1. The molecule has 4 saturated carbocycles. The lowest BCUT2D eigenvalue weighted by molar-refractivity contribution is -0.0601. The molecule has 4 atom stereocenters. The number of ether oxygens (including phenoxy) is 1. The monoisotopic (exact) mass is 403 g/mol. The lowest BCUT2D eigenvalue weighted by Crippen LogP contribution is -2.48. The number of piperidine rings is 1. The molecule has 2 unspecified atom stereocenters. The molecule has 0 spiro atoms. The molecule has 2 aromatic rings. The van der Waals surface area contributed by atoms with Gasteiger partial charge in [0, 0.05) is 35.5 Å². The van der Waals surface area contributed by atoms with E-state index in [9.17, 15) is 0 Å². The van der Waals surface area contributed by atoms with Crippen molar-refractivity contribution in [2.75, 3.05) is 25.5 Å². The van der Waals surface area contributed by atoms with Gasteiger partial charge in [0.05, 0.1) is 31.0 Å². The first-order valence-corrected chi connectivity index (χ1v) is 12.0. The third-order valence-electron chi connectivity index (χ3n) is 9.18. The molecule has 0 radical (unpaired) electrons. The predicted octanol–water partition coefficient (Wildman–Crippen LogP) is 3.10. The van der Waals surface area contributed by atoms with E-state index in [0.29, 0.717) is 29.2 Å². The van der Waals surface area contributed by atoms with Crippen LogP contribution in [0.15, 0.2) is 18.3 Å². The Bertz CT molecular complexity index is 1040. The topological polar surface area (TPSA) is 69.2 Å². The number of aromatic nitrogens is 3. The summed E-state index contributed by atoms with van der Waals surface area (Å²) < 4.78 is 7.96. The van der Waals surface area contributed by atoms with Gasteiger partial charge in [0.25, 0.3) is 0 Å². The number of hydrogen-bond acceptors (Lipinski definition) is 5. The third-order valence-corrected chi connectivity index (χ3v) is 9.18. The second-order valence-electron chi connectivity index (χ2n) is 10.7. The van der Waals surface area contributed by atoms with Crippen molar-refractivity contribution < 1.29 is 4.74 Å². The fourth-order valence-corrected chi connectivity index (χ4v) is 7.28. The SMILES string of the molecule is Nc1ncc(-c2cc(C34C5[C@H]3[C@H]4CN5C3COC3)n(C3CCCC3)n2)cc1C1CC1. The number of fused-ring (bicyclic) bond motifs is 1. The zero-order chi connectivity index (χ0) is 19.6. The molecule has 0 aromatic carbocycles. The van der Waals surface area contributed by atoms with Gasteiger partial charge in [0.15, 0.2) is 0 Å². The second kappa shape index (κ2) is 5.46. The Kier molecular flexibility index (Phi) is 3.05. The van der Waals surface area contributed by atoms with E-state index in [1.807, 2.05) is 6.20 Å². The first-order chi connectivity index (χ1) is 14.8. The van der Waals surface area contributed by atoms with Gasteiger partial charge in [-0.15, -0.1) is 0 Å². The van der Waals surface area contributed by atoms with Crippen molar-refractivity contribution in [3.05, 3.63) is 29.6 Å². The molecule has 2 aromatic heterocycles. The summed E-state index contributed by atoms with van der Waals surface area (Å²) in [6.45, 7) is 3.13. The van der Waals surface area contributed by atoms with Crippen molar-refractivity contribution in [3.8, 4) is 11.3 Å². The minimum Gasteiger partial charge on any atom is -0.383 e. The summed E-state index contributed by atoms with van der Waals surface area (Å²) in [6.07, 6.45) is 9.65. The van der Waals surface area contributed by atoms with Crippen LogP contribution in [-0.2, 0) is 10.2 Å². The van der Waals surface area contributed by atoms with Crippen LogP contribution in [-0.4, -0.2) is 51.5 Å². The maximum Gasteiger partial charge on any atom is 0.126 e. The van der Waals surface area contributed by atoms with E-state index < -0.39 is 0 Å². The van der Waals surface area contributed by atoms with Crippen LogP contribution in [0.25, 0.3) is 11.3 Å². The van der Waals surface area contributed by atoms with Gasteiger partial charge in [-0.2, -0.15) is 5.10 Å². The minimum absolute atomic E-state index is 0.393. The van der Waals surface area contributed by atoms with Crippen molar-refractivity contribution in [2.45, 2.75) is 68.0 Å². The van der Waals surface area contributed by atoms with Crippen LogP contribution in [0, 0.1) is 11.8 Å². The molecular formula is C24H29N5O. The zero-order valence-corrected chi connectivity index (χ0v) is 17.3. The zero-order valence-electron chi connectivity index (χ0n) is 17.3. The van der Waals surface area contributed by atoms with Gasteiger partial charge in [-0.25, -0.2) is 4.98 Å². The van der Waals surface area contributed by atoms with Crippen molar-refractivity contribution in [3.63, 3.8) is 0 Å². The van der Waals surface area contributed by atoms with Gasteiger partial charge in [0.1, 0.15) is 5.82 Å². The molecule has 7 aliphatic rings. The standard InChI is InChI=1S/C24H29N5O/c25-23-17(13-5-6-13)7-14(9-26-23)19-8-20(29(27-19)15-3-1-2-4-15)24-18-10-28(16-11-30-12-16)22(24)21(18)24/h7-9,13,15-16,18,21-22H,1-6,10-12H2,(H2,25,26)/t18-,21-,22?,24?/m1/s1. The Balaban J connectivity index is 1.20. The highest BCUT2D eigenvalue weighted by atomic mass is 16.5. The van der Waals surface area contributed by atoms with Crippen LogP contribution in [0.5, 0.6) is 0 Å². The maximum absolute atomic E-state index is 6.18. The van der Waals surface area contributed by atoms with E-state index in [-0.39, 0.29) is 0 Å². The minimum atomic E-state index is 0.393. The highest BCUT2D eigenvalue weighted by molar-refractivity contribution is 5.66. The fourth-order valence-electron chi connectivity index (χ4n) is 7.28. The lowest BCUT2D eigenvalue weighted by atomic mass is 10.0. The quantitative estimate of drug-likeness (QED) is 0.831. The summed E-state index contributed by atoms with van der Waals surface area (Å²) in [6, 6.07) is 6.68. The van der Waals surface area contributed by atoms with Crippen LogP contribution in [0.2, 0.25) is 0 Å². The van der Waals surface area contributed by atoms with Gasteiger partial charge >= 0.3 is 0 Å². The average Bonchev–Trinajstić information content (AvgIpc) is 3.57. The molecule has 9 rings (SSSR count). The first kappa shape index (κ1) is 16.7. The summed E-state index contributed by atoms with van der Waals surface area (Å²) in [5.41, 5.74) is 11.6. The average molecular weight is 404 g/mol. The van der Waals surface area contributed by atoms with E-state index in [0.717, 1.165) is 42.3 Å². The number of anilines is 1. The van der Waals surface area contributed by atoms with Gasteiger partial charge in [-0.1, -0.05) is 12.8 Å². The summed E-state index contributed by atoms with van der Waals surface area (Å²) in [5, 5.41) is 5.24. The van der Waals surface area contributed by atoms with Gasteiger partial charge in [-0.05, 0) is 61.1 Å². The Hall–Kier alpha value is -1.92. The predicted molar refractivity (Wildman–Crippen MR) is 113 cm³/mol. The van der Waals surface area contributed by atoms with E-state index >= 15 is 0 Å². The second-order valence-corrected chi connectivity index (χ2v) is 10.7. The van der Waals surface area contributed by atoms with Gasteiger partial charge < -0.3 is 10.5 Å². The molecule has 3 aliphatic heterocycles. The van der Waals surface area contributed by atoms with Crippen molar-refractivity contribution in [1.29, 1.82) is 0 Å². The van der Waals surface area contributed by atoms with Gasteiger partial charge in [0.2, 0.25) is 0 Å². The van der Waals surface area contributed by atoms with Crippen molar-refractivity contribution >= 4 is 5.82 Å². The summed E-state index contributed by atoms with van der Waals surface area (Å²) in [5.74, 6) is 3.03. The van der Waals surface area contributed by atoms with E-state index in [4.69, 9.17) is 15.6 Å². The lowest BCUT2D eigenvalue weighted by Gasteiger charge is -2.34. The maximum atomic E-state index is 6.18. The molecular weight excluding hydrogens is 374 g/mol. The van der Waals surface area contributed by atoms with E-state index in [1.165, 1.54) is 56.3 Å². The Morgan fingerprint density at radius 2 is 1.90 bits per heavy atom. The largest absolute Gasteiger partial charge is 0.383 e. The molecule has 2 N–H and O–H groups in total. The summed E-state index contributed by atoms with van der Waals surface area (Å²) in [7, 11) is 0. The smallest absolute Gasteiger partial charge is 0.126 e.